The minimum atomic E-state index is -1.01. The molecule has 1 aliphatic rings. The first-order chi connectivity index (χ1) is 15.0. The van der Waals surface area contributed by atoms with Gasteiger partial charge in [0.25, 0.3) is 0 Å². The van der Waals surface area contributed by atoms with Crippen LogP contribution in [0.25, 0.3) is 27.9 Å². The van der Waals surface area contributed by atoms with Crippen molar-refractivity contribution >= 4 is 28.4 Å². The molecule has 1 saturated heterocycles. The monoisotopic (exact) mass is 427 g/mol. The molecule has 5 rings (SSSR count). The highest BCUT2D eigenvalue weighted by molar-refractivity contribution is 5.88. The highest BCUT2D eigenvalue weighted by Gasteiger charge is 2.28. The van der Waals surface area contributed by atoms with Crippen LogP contribution in [-0.4, -0.2) is 73.1 Å². The number of aromatic nitrogens is 6. The third-order valence-corrected chi connectivity index (χ3v) is 5.66. The van der Waals surface area contributed by atoms with Crippen molar-refractivity contribution < 1.29 is 8.78 Å². The first-order valence-electron chi connectivity index (χ1n) is 10.2. The number of pyridine rings is 1. The second-order valence-corrected chi connectivity index (χ2v) is 7.83. The highest BCUT2D eigenvalue weighted by atomic mass is 19.1. The number of aryl methyl sites for hydroxylation is 1. The van der Waals surface area contributed by atoms with Gasteiger partial charge in [0, 0.05) is 24.8 Å². The Morgan fingerprint density at radius 3 is 2.94 bits per heavy atom. The number of halogens is 2. The molecule has 0 aromatic carbocycles. The summed E-state index contributed by atoms with van der Waals surface area (Å²) in [5, 5.41) is 7.56. The van der Waals surface area contributed by atoms with E-state index in [1.54, 1.807) is 21.6 Å². The third kappa shape index (κ3) is 3.54. The molecular formula is C20H23F2N9. The fourth-order valence-electron chi connectivity index (χ4n) is 4.05. The molecule has 0 aliphatic carbocycles. The summed E-state index contributed by atoms with van der Waals surface area (Å²) >= 11 is 0. The molecule has 1 fully saturated rings. The Labute approximate surface area is 176 Å². The topological polar surface area (TPSA) is 102 Å². The maximum atomic E-state index is 14.4. The number of nitrogens with one attached hydrogen (secondary N) is 1. The Kier molecular flexibility index (Phi) is 4.89. The molecule has 0 bridgehead atoms. The smallest absolute Gasteiger partial charge is 0.243 e. The lowest BCUT2D eigenvalue weighted by atomic mass is 10.0. The number of imidazole rings is 1. The van der Waals surface area contributed by atoms with Crippen molar-refractivity contribution in [2.75, 3.05) is 37.9 Å². The van der Waals surface area contributed by atoms with Gasteiger partial charge in [-0.25, -0.2) is 23.3 Å². The Morgan fingerprint density at radius 1 is 1.26 bits per heavy atom. The number of piperidine rings is 1. The molecule has 162 valence electrons. The van der Waals surface area contributed by atoms with Gasteiger partial charge < -0.3 is 20.5 Å². The van der Waals surface area contributed by atoms with Crippen LogP contribution in [0.3, 0.4) is 0 Å². The van der Waals surface area contributed by atoms with E-state index in [1.807, 2.05) is 30.1 Å². The Balaban J connectivity index is 1.49. The summed E-state index contributed by atoms with van der Waals surface area (Å²) in [6.45, 7) is 0.864. The molecule has 4 aromatic heterocycles. The normalized spacial score (nSPS) is 20.0. The van der Waals surface area contributed by atoms with Crippen LogP contribution in [0, 0.1) is 0 Å². The van der Waals surface area contributed by atoms with Crippen LogP contribution < -0.4 is 11.1 Å². The maximum Gasteiger partial charge on any atom is 0.243 e. The molecule has 1 aliphatic heterocycles. The lowest BCUT2D eigenvalue weighted by Gasteiger charge is -2.32. The quantitative estimate of drug-likeness (QED) is 0.503. The summed E-state index contributed by atoms with van der Waals surface area (Å²) in [7, 11) is 1.90. The van der Waals surface area contributed by atoms with E-state index in [1.165, 1.54) is 0 Å². The fraction of sp³-hybridized carbons (Fsp3) is 0.400. The van der Waals surface area contributed by atoms with Crippen molar-refractivity contribution in [3.8, 4) is 11.3 Å². The molecule has 2 atom stereocenters. The number of nitrogen functional groups attached to an aromatic ring is 1. The van der Waals surface area contributed by atoms with Gasteiger partial charge in [0.05, 0.1) is 24.6 Å². The van der Waals surface area contributed by atoms with Crippen LogP contribution in [0.2, 0.25) is 0 Å². The number of hydrogen-bond acceptors (Lipinski definition) is 7. The SMILES string of the molecule is CN1CC[C@H](Nc2nc(N)c3c(-c4ccc5ncn(CCF)c5n4)ccn3n2)[C@H](F)C1. The Morgan fingerprint density at radius 2 is 2.13 bits per heavy atom. The molecule has 5 heterocycles. The third-order valence-electron chi connectivity index (χ3n) is 5.66. The van der Waals surface area contributed by atoms with Gasteiger partial charge in [-0.15, -0.1) is 5.10 Å². The predicted octanol–water partition coefficient (Wildman–Crippen LogP) is 2.15. The zero-order chi connectivity index (χ0) is 21.5. The van der Waals surface area contributed by atoms with E-state index in [4.69, 9.17) is 5.73 Å². The van der Waals surface area contributed by atoms with Crippen LogP contribution in [0.1, 0.15) is 6.42 Å². The summed E-state index contributed by atoms with van der Waals surface area (Å²) in [6, 6.07) is 5.16. The minimum Gasteiger partial charge on any atom is -0.382 e. The van der Waals surface area contributed by atoms with E-state index in [9.17, 15) is 8.78 Å². The average molecular weight is 427 g/mol. The van der Waals surface area contributed by atoms with Crippen LogP contribution >= 0.6 is 0 Å². The summed E-state index contributed by atoms with van der Waals surface area (Å²) in [5.41, 5.74) is 9.57. The highest BCUT2D eigenvalue weighted by Crippen LogP contribution is 2.29. The van der Waals surface area contributed by atoms with Gasteiger partial charge in [0.2, 0.25) is 5.95 Å². The summed E-state index contributed by atoms with van der Waals surface area (Å²) in [6.07, 6.45) is 2.99. The molecule has 3 N–H and O–H groups in total. The van der Waals surface area contributed by atoms with E-state index in [-0.39, 0.29) is 24.4 Å². The molecule has 11 heteroatoms. The molecule has 0 amide bonds. The van der Waals surface area contributed by atoms with Crippen molar-refractivity contribution in [2.45, 2.75) is 25.2 Å². The lowest BCUT2D eigenvalue weighted by molar-refractivity contribution is 0.149. The number of anilines is 2. The van der Waals surface area contributed by atoms with Gasteiger partial charge in [-0.1, -0.05) is 0 Å². The van der Waals surface area contributed by atoms with Gasteiger partial charge >= 0.3 is 0 Å². The summed E-state index contributed by atoms with van der Waals surface area (Å²) in [4.78, 5) is 15.2. The zero-order valence-electron chi connectivity index (χ0n) is 17.0. The molecule has 0 saturated carbocycles. The number of fused-ring (bicyclic) bond motifs is 2. The number of nitrogens with two attached hydrogens (primary N) is 1. The largest absolute Gasteiger partial charge is 0.382 e. The molecule has 9 nitrogen and oxygen atoms in total. The van der Waals surface area contributed by atoms with Crippen LogP contribution in [0.15, 0.2) is 30.7 Å². The Bertz CT molecular complexity index is 1230. The predicted molar refractivity (Wildman–Crippen MR) is 114 cm³/mol. The molecule has 4 aromatic rings. The minimum absolute atomic E-state index is 0.191. The number of alkyl halides is 2. The zero-order valence-corrected chi connectivity index (χ0v) is 17.0. The fourth-order valence-corrected chi connectivity index (χ4v) is 4.05. The molecule has 0 unspecified atom stereocenters. The van der Waals surface area contributed by atoms with Crippen molar-refractivity contribution in [3.63, 3.8) is 0 Å². The Hall–Kier alpha value is -3.34. The van der Waals surface area contributed by atoms with Gasteiger partial charge in [-0.3, -0.25) is 0 Å². The van der Waals surface area contributed by atoms with Gasteiger partial charge in [-0.05, 0) is 31.7 Å². The standard InChI is InChI=1S/C20H23F2N9/c1-29-7-5-15(13(22)10-29)26-20-27-18(23)17-12(4-8-31(17)28-20)14-2-3-16-19(25-14)30(9-6-21)11-24-16/h2-4,8,11,13,15H,5-7,9-10H2,1H3,(H3,23,26,27,28)/t13-,15+/m1/s1. The lowest BCUT2D eigenvalue weighted by Crippen LogP contribution is -2.46. The molecule has 31 heavy (non-hydrogen) atoms. The van der Waals surface area contributed by atoms with E-state index < -0.39 is 12.8 Å². The van der Waals surface area contributed by atoms with Crippen LogP contribution in [-0.2, 0) is 6.54 Å². The van der Waals surface area contributed by atoms with Crippen molar-refractivity contribution in [1.82, 2.24) is 34.0 Å². The number of nitrogens with zero attached hydrogens (tertiary/aromatic N) is 7. The van der Waals surface area contributed by atoms with Crippen molar-refractivity contribution in [2.24, 2.45) is 0 Å². The summed E-state index contributed by atoms with van der Waals surface area (Å²) < 4.78 is 30.5. The van der Waals surface area contributed by atoms with Gasteiger partial charge in [0.15, 0.2) is 11.5 Å². The first-order valence-corrected chi connectivity index (χ1v) is 10.2. The second kappa shape index (κ2) is 7.73. The van der Waals surface area contributed by atoms with Gasteiger partial charge in [0.1, 0.15) is 23.9 Å². The van der Waals surface area contributed by atoms with Crippen molar-refractivity contribution in [3.05, 3.63) is 30.7 Å². The second-order valence-electron chi connectivity index (χ2n) is 7.83. The van der Waals surface area contributed by atoms with Gasteiger partial charge in [-0.2, -0.15) is 4.98 Å². The first kappa shape index (κ1) is 19.6. The molecule has 0 radical (unpaired) electrons. The number of rotatable bonds is 5. The van der Waals surface area contributed by atoms with E-state index >= 15 is 0 Å². The summed E-state index contributed by atoms with van der Waals surface area (Å²) in [5.74, 6) is 0.550. The average Bonchev–Trinajstić information content (AvgIpc) is 3.35. The van der Waals surface area contributed by atoms with Crippen LogP contribution in [0.4, 0.5) is 20.5 Å². The molecule has 0 spiro atoms. The van der Waals surface area contributed by atoms with E-state index in [2.05, 4.69) is 25.4 Å². The maximum absolute atomic E-state index is 14.4. The van der Waals surface area contributed by atoms with E-state index in [0.29, 0.717) is 35.3 Å². The number of hydrogen-bond donors (Lipinski definition) is 2. The van der Waals surface area contributed by atoms with E-state index in [0.717, 1.165) is 12.1 Å². The molecular weight excluding hydrogens is 404 g/mol. The van der Waals surface area contributed by atoms with Crippen LogP contribution in [0.5, 0.6) is 0 Å². The van der Waals surface area contributed by atoms with Crippen molar-refractivity contribution in [1.29, 1.82) is 0 Å². The number of likely N-dealkylation sites (tertiary alicyclic amines) is 1.